The molecule has 1 aliphatic rings. The number of nitrogens with zero attached hydrogens (tertiary/aromatic N) is 1. The molecule has 1 aliphatic heterocycles. The van der Waals surface area contributed by atoms with Crippen LogP contribution < -0.4 is 10.2 Å². The lowest BCUT2D eigenvalue weighted by Gasteiger charge is -2.37. The number of aryl methyl sites for hydroxylation is 1. The molecule has 0 bridgehead atoms. The van der Waals surface area contributed by atoms with E-state index in [4.69, 9.17) is 0 Å². The molecule has 1 atom stereocenters. The highest BCUT2D eigenvalue weighted by atomic mass is 32.2. The van der Waals surface area contributed by atoms with Crippen molar-refractivity contribution < 1.29 is 9.59 Å². The van der Waals surface area contributed by atoms with Gasteiger partial charge in [-0.15, -0.1) is 0 Å². The lowest BCUT2D eigenvalue weighted by atomic mass is 10.1. The van der Waals surface area contributed by atoms with Crippen molar-refractivity contribution in [3.8, 4) is 0 Å². The number of carbonyl (C=O) groups is 2. The molecule has 3 rings (SSSR count). The van der Waals surface area contributed by atoms with Crippen molar-refractivity contribution in [2.75, 3.05) is 11.9 Å². The van der Waals surface area contributed by atoms with Crippen LogP contribution in [0, 0.1) is 6.92 Å². The standard InChI is InChI=1S/C19H20N2O2S/c1-13-8-4-5-9-14(13)12-20-17(22)19(2)18(23)21(3)15-10-6-7-11-16(15)24-19/h4-11H,12H2,1-3H3,(H,20,22). The molecule has 2 aromatic carbocycles. The Morgan fingerprint density at radius 1 is 1.17 bits per heavy atom. The van der Waals surface area contributed by atoms with Crippen molar-refractivity contribution in [3.05, 3.63) is 59.7 Å². The molecule has 124 valence electrons. The van der Waals surface area contributed by atoms with Gasteiger partial charge in [0.05, 0.1) is 5.69 Å². The Bertz CT molecular complexity index is 805. The first kappa shape index (κ1) is 16.6. The van der Waals surface area contributed by atoms with E-state index in [0.29, 0.717) is 6.54 Å². The molecule has 1 N–H and O–H groups in total. The van der Waals surface area contributed by atoms with Crippen molar-refractivity contribution in [1.82, 2.24) is 5.32 Å². The maximum atomic E-state index is 12.8. The molecule has 0 fully saturated rings. The number of fused-ring (bicyclic) bond motifs is 1. The van der Waals surface area contributed by atoms with Crippen LogP contribution >= 0.6 is 11.8 Å². The van der Waals surface area contributed by atoms with Crippen LogP contribution in [-0.2, 0) is 16.1 Å². The highest BCUT2D eigenvalue weighted by Crippen LogP contribution is 2.44. The molecular formula is C19H20N2O2S. The van der Waals surface area contributed by atoms with Crippen LogP contribution in [0.2, 0.25) is 0 Å². The summed E-state index contributed by atoms with van der Waals surface area (Å²) in [5.74, 6) is -0.462. The number of nitrogens with one attached hydrogen (secondary N) is 1. The summed E-state index contributed by atoms with van der Waals surface area (Å²) in [6, 6.07) is 15.5. The predicted molar refractivity (Wildman–Crippen MR) is 97.1 cm³/mol. The van der Waals surface area contributed by atoms with Crippen LogP contribution in [0.5, 0.6) is 0 Å². The van der Waals surface area contributed by atoms with Gasteiger partial charge in [0.25, 0.3) is 5.91 Å². The van der Waals surface area contributed by atoms with E-state index in [0.717, 1.165) is 21.7 Å². The average Bonchev–Trinajstić information content (AvgIpc) is 2.59. The molecule has 0 saturated carbocycles. The third-order valence-electron chi connectivity index (χ3n) is 4.39. The normalized spacial score (nSPS) is 19.8. The first-order valence-electron chi connectivity index (χ1n) is 7.82. The smallest absolute Gasteiger partial charge is 0.252 e. The van der Waals surface area contributed by atoms with Gasteiger partial charge in [0.1, 0.15) is 0 Å². The molecule has 0 spiro atoms. The third-order valence-corrected chi connectivity index (χ3v) is 5.72. The van der Waals surface area contributed by atoms with E-state index in [1.54, 1.807) is 18.9 Å². The van der Waals surface area contributed by atoms with Gasteiger partial charge in [-0.05, 0) is 37.1 Å². The summed E-state index contributed by atoms with van der Waals surface area (Å²) in [6.07, 6.45) is 0. The summed E-state index contributed by atoms with van der Waals surface area (Å²) in [7, 11) is 1.72. The molecule has 0 saturated heterocycles. The summed E-state index contributed by atoms with van der Waals surface area (Å²) in [5, 5.41) is 2.92. The van der Waals surface area contributed by atoms with Gasteiger partial charge >= 0.3 is 0 Å². The quantitative estimate of drug-likeness (QED) is 0.873. The Hall–Kier alpha value is -2.27. The van der Waals surface area contributed by atoms with Gasteiger partial charge in [0.15, 0.2) is 4.75 Å². The van der Waals surface area contributed by atoms with Gasteiger partial charge in [0, 0.05) is 18.5 Å². The van der Waals surface area contributed by atoms with Crippen molar-refractivity contribution in [3.63, 3.8) is 0 Å². The van der Waals surface area contributed by atoms with Crippen molar-refractivity contribution >= 4 is 29.3 Å². The van der Waals surface area contributed by atoms with Crippen LogP contribution in [0.4, 0.5) is 5.69 Å². The molecule has 24 heavy (non-hydrogen) atoms. The fourth-order valence-electron chi connectivity index (χ4n) is 2.81. The highest BCUT2D eigenvalue weighted by molar-refractivity contribution is 8.02. The Balaban J connectivity index is 1.81. The number of benzene rings is 2. The lowest BCUT2D eigenvalue weighted by Crippen LogP contribution is -2.55. The minimum atomic E-state index is -1.16. The van der Waals surface area contributed by atoms with E-state index in [9.17, 15) is 9.59 Å². The summed E-state index contributed by atoms with van der Waals surface area (Å²) in [6.45, 7) is 4.12. The van der Waals surface area contributed by atoms with Gasteiger partial charge in [0.2, 0.25) is 5.91 Å². The second kappa shape index (κ2) is 6.32. The Kier molecular flexibility index (Phi) is 4.37. The monoisotopic (exact) mass is 340 g/mol. The zero-order chi connectivity index (χ0) is 17.3. The SMILES string of the molecule is Cc1ccccc1CNC(=O)C1(C)Sc2ccccc2N(C)C1=O. The highest BCUT2D eigenvalue weighted by Gasteiger charge is 2.48. The molecule has 0 radical (unpaired) electrons. The number of hydrogen-bond acceptors (Lipinski definition) is 3. The number of para-hydroxylation sites is 1. The Morgan fingerprint density at radius 2 is 1.83 bits per heavy atom. The van der Waals surface area contributed by atoms with Crippen LogP contribution in [-0.4, -0.2) is 23.6 Å². The van der Waals surface area contributed by atoms with E-state index < -0.39 is 4.75 Å². The van der Waals surface area contributed by atoms with Gasteiger partial charge in [-0.1, -0.05) is 48.2 Å². The summed E-state index contributed by atoms with van der Waals surface area (Å²) in [5.41, 5.74) is 3.01. The molecular weight excluding hydrogens is 320 g/mol. The number of carbonyl (C=O) groups excluding carboxylic acids is 2. The molecule has 2 aromatic rings. The molecule has 0 aliphatic carbocycles. The number of anilines is 1. The molecule has 2 amide bonds. The zero-order valence-corrected chi connectivity index (χ0v) is 14.8. The number of amides is 2. The number of hydrogen-bond donors (Lipinski definition) is 1. The van der Waals surface area contributed by atoms with E-state index in [1.807, 2.05) is 55.5 Å². The minimum absolute atomic E-state index is 0.200. The second-order valence-corrected chi connectivity index (χ2v) is 7.54. The zero-order valence-electron chi connectivity index (χ0n) is 14.0. The summed E-state index contributed by atoms with van der Waals surface area (Å²) < 4.78 is -1.16. The fourth-order valence-corrected chi connectivity index (χ4v) is 4.09. The van der Waals surface area contributed by atoms with Gasteiger partial charge in [-0.2, -0.15) is 0 Å². The Labute approximate surface area is 146 Å². The minimum Gasteiger partial charge on any atom is -0.350 e. The van der Waals surface area contributed by atoms with Crippen LogP contribution in [0.1, 0.15) is 18.1 Å². The number of rotatable bonds is 3. The van der Waals surface area contributed by atoms with Crippen LogP contribution in [0.25, 0.3) is 0 Å². The number of thioether (sulfide) groups is 1. The fraction of sp³-hybridized carbons (Fsp3) is 0.263. The van der Waals surface area contributed by atoms with Gasteiger partial charge < -0.3 is 10.2 Å². The van der Waals surface area contributed by atoms with E-state index in [1.165, 1.54) is 11.8 Å². The Morgan fingerprint density at radius 3 is 2.58 bits per heavy atom. The van der Waals surface area contributed by atoms with Crippen LogP contribution in [0.3, 0.4) is 0 Å². The largest absolute Gasteiger partial charge is 0.350 e. The van der Waals surface area contributed by atoms with Crippen LogP contribution in [0.15, 0.2) is 53.4 Å². The molecule has 4 nitrogen and oxygen atoms in total. The van der Waals surface area contributed by atoms with Gasteiger partial charge in [-0.25, -0.2) is 0 Å². The van der Waals surface area contributed by atoms with Crippen molar-refractivity contribution in [1.29, 1.82) is 0 Å². The predicted octanol–water partition coefficient (Wildman–Crippen LogP) is 3.14. The molecule has 1 heterocycles. The molecule has 5 heteroatoms. The first-order valence-corrected chi connectivity index (χ1v) is 8.64. The first-order chi connectivity index (χ1) is 11.4. The third kappa shape index (κ3) is 2.80. The van der Waals surface area contributed by atoms with E-state index in [2.05, 4.69) is 5.32 Å². The van der Waals surface area contributed by atoms with E-state index in [-0.39, 0.29) is 11.8 Å². The maximum Gasteiger partial charge on any atom is 0.252 e. The van der Waals surface area contributed by atoms with Crippen molar-refractivity contribution in [2.45, 2.75) is 30.0 Å². The lowest BCUT2D eigenvalue weighted by molar-refractivity contribution is -0.131. The molecule has 1 unspecified atom stereocenters. The second-order valence-electron chi connectivity index (χ2n) is 6.08. The van der Waals surface area contributed by atoms with E-state index >= 15 is 0 Å². The topological polar surface area (TPSA) is 49.4 Å². The average molecular weight is 340 g/mol. The maximum absolute atomic E-state index is 12.8. The summed E-state index contributed by atoms with van der Waals surface area (Å²) in [4.78, 5) is 28.1. The summed E-state index contributed by atoms with van der Waals surface area (Å²) >= 11 is 1.32. The molecule has 0 aromatic heterocycles. The van der Waals surface area contributed by atoms with Gasteiger partial charge in [-0.3, -0.25) is 9.59 Å². The van der Waals surface area contributed by atoms with Crippen molar-refractivity contribution in [2.24, 2.45) is 0 Å².